The number of hydrogen-bond donors (Lipinski definition) is 0. The van der Waals surface area contributed by atoms with Crippen molar-refractivity contribution in [3.05, 3.63) is 46.5 Å². The van der Waals surface area contributed by atoms with E-state index >= 15 is 0 Å². The third kappa shape index (κ3) is 3.20. The Hall–Kier alpha value is -3.16. The summed E-state index contributed by atoms with van der Waals surface area (Å²) >= 11 is 0. The minimum Gasteiger partial charge on any atom is -0.497 e. The van der Waals surface area contributed by atoms with E-state index in [0.717, 1.165) is 21.6 Å². The highest BCUT2D eigenvalue weighted by Crippen LogP contribution is 2.23. The van der Waals surface area contributed by atoms with E-state index < -0.39 is 5.76 Å². The second-order valence-corrected chi connectivity index (χ2v) is 4.93. The highest BCUT2D eigenvalue weighted by Gasteiger charge is 2.06. The summed E-state index contributed by atoms with van der Waals surface area (Å²) in [4.78, 5) is 15.5. The average Bonchev–Trinajstić information content (AvgIpc) is 3.12. The zero-order valence-electron chi connectivity index (χ0n) is 12.9. The van der Waals surface area contributed by atoms with E-state index in [1.54, 1.807) is 19.6 Å². The molecule has 23 heavy (non-hydrogen) atoms. The quantitative estimate of drug-likeness (QED) is 0.726. The lowest BCUT2D eigenvalue weighted by Gasteiger charge is -2.03. The molecule has 118 valence electrons. The van der Waals surface area contributed by atoms with Crippen LogP contribution < -0.4 is 10.5 Å². The van der Waals surface area contributed by atoms with E-state index in [-0.39, 0.29) is 5.89 Å². The Morgan fingerprint density at radius 2 is 2.09 bits per heavy atom. The maximum absolute atomic E-state index is 11.2. The van der Waals surface area contributed by atoms with Crippen molar-refractivity contribution < 1.29 is 9.15 Å². The van der Waals surface area contributed by atoms with Crippen LogP contribution in [0.4, 0.5) is 0 Å². The van der Waals surface area contributed by atoms with Gasteiger partial charge in [0.15, 0.2) is 5.82 Å². The Morgan fingerprint density at radius 3 is 2.78 bits per heavy atom. The average molecular weight is 313 g/mol. The van der Waals surface area contributed by atoms with Crippen molar-refractivity contribution in [3.8, 4) is 17.1 Å². The first kappa shape index (κ1) is 14.8. The van der Waals surface area contributed by atoms with Gasteiger partial charge in [0.2, 0.25) is 5.89 Å². The van der Waals surface area contributed by atoms with Crippen molar-refractivity contribution in [3.63, 3.8) is 0 Å². The monoisotopic (exact) mass is 313 g/mol. The summed E-state index contributed by atoms with van der Waals surface area (Å²) in [5.74, 6) is 1.00. The van der Waals surface area contributed by atoms with E-state index in [1.807, 2.05) is 25.1 Å². The lowest BCUT2D eigenvalue weighted by atomic mass is 10.1. The van der Waals surface area contributed by atoms with Crippen LogP contribution in [0.2, 0.25) is 0 Å². The molecule has 0 spiro atoms. The number of nitrogens with zero attached hydrogens (tertiary/aromatic N) is 5. The molecule has 0 bridgehead atoms. The molecule has 0 aliphatic heterocycles. The fourth-order valence-electron chi connectivity index (χ4n) is 2.05. The number of hydrogen-bond acceptors (Lipinski definition) is 6. The number of methoxy groups -OCH3 is 1. The second-order valence-electron chi connectivity index (χ2n) is 4.93. The smallest absolute Gasteiger partial charge is 0.437 e. The van der Waals surface area contributed by atoms with Gasteiger partial charge in [0.05, 0.1) is 7.11 Å². The lowest BCUT2D eigenvalue weighted by molar-refractivity contribution is 0.414. The zero-order chi connectivity index (χ0) is 16.4. The fourth-order valence-corrected chi connectivity index (χ4v) is 2.05. The van der Waals surface area contributed by atoms with Crippen LogP contribution in [-0.4, -0.2) is 31.7 Å². The summed E-state index contributed by atoms with van der Waals surface area (Å²) in [7, 11) is 3.13. The SMILES string of the molecule is COc1cc(C)cc(-c2ncn(/C=C\c3nn(C)c(=O)o3)n2)c1. The van der Waals surface area contributed by atoms with Crippen molar-refractivity contribution in [2.75, 3.05) is 7.11 Å². The third-order valence-electron chi connectivity index (χ3n) is 3.13. The first-order valence-corrected chi connectivity index (χ1v) is 6.85. The van der Waals surface area contributed by atoms with Crippen LogP contribution in [-0.2, 0) is 7.05 Å². The first-order valence-electron chi connectivity index (χ1n) is 6.85. The Morgan fingerprint density at radius 1 is 1.26 bits per heavy atom. The van der Waals surface area contributed by atoms with Crippen molar-refractivity contribution in [2.45, 2.75) is 6.92 Å². The Labute approximate surface area is 131 Å². The minimum absolute atomic E-state index is 0.201. The molecule has 0 atom stereocenters. The van der Waals surface area contributed by atoms with Crippen LogP contribution in [0.25, 0.3) is 23.7 Å². The molecular weight excluding hydrogens is 298 g/mol. The maximum Gasteiger partial charge on any atom is 0.437 e. The van der Waals surface area contributed by atoms with Gasteiger partial charge in [-0.05, 0) is 30.7 Å². The minimum atomic E-state index is -0.518. The second kappa shape index (κ2) is 5.91. The van der Waals surface area contributed by atoms with Crippen LogP contribution in [0.3, 0.4) is 0 Å². The van der Waals surface area contributed by atoms with Gasteiger partial charge in [-0.1, -0.05) is 0 Å². The summed E-state index contributed by atoms with van der Waals surface area (Å²) in [6.07, 6.45) is 4.70. The molecule has 3 aromatic rings. The normalized spacial score (nSPS) is 11.3. The molecule has 0 aliphatic carbocycles. The fraction of sp³-hybridized carbons (Fsp3) is 0.200. The molecule has 0 saturated heterocycles. The van der Waals surface area contributed by atoms with Crippen LogP contribution >= 0.6 is 0 Å². The van der Waals surface area contributed by atoms with Crippen molar-refractivity contribution in [1.29, 1.82) is 0 Å². The summed E-state index contributed by atoms with van der Waals surface area (Å²) in [5.41, 5.74) is 1.92. The molecule has 0 amide bonds. The predicted molar refractivity (Wildman–Crippen MR) is 83.7 cm³/mol. The first-order chi connectivity index (χ1) is 11.0. The number of aryl methyl sites for hydroxylation is 2. The van der Waals surface area contributed by atoms with Crippen LogP contribution in [0.5, 0.6) is 5.75 Å². The largest absolute Gasteiger partial charge is 0.497 e. The molecule has 2 aromatic heterocycles. The Kier molecular flexibility index (Phi) is 3.80. The molecule has 3 rings (SSSR count). The van der Waals surface area contributed by atoms with Gasteiger partial charge in [-0.3, -0.25) is 0 Å². The van der Waals surface area contributed by atoms with Crippen molar-refractivity contribution in [1.82, 2.24) is 24.5 Å². The number of benzene rings is 1. The lowest BCUT2D eigenvalue weighted by Crippen LogP contribution is -2.09. The highest BCUT2D eigenvalue weighted by molar-refractivity contribution is 5.59. The standard InChI is InChI=1S/C15H15N5O3/c1-10-6-11(8-12(7-10)22-3)14-16-9-20(18-14)5-4-13-17-19(2)15(21)23-13/h4-9H,1-3H3/b5-4-. The highest BCUT2D eigenvalue weighted by atomic mass is 16.5. The van der Waals surface area contributed by atoms with Crippen molar-refractivity contribution >= 4 is 12.3 Å². The third-order valence-corrected chi connectivity index (χ3v) is 3.13. The summed E-state index contributed by atoms with van der Waals surface area (Å²) < 4.78 is 12.8. The maximum atomic E-state index is 11.2. The van der Waals surface area contributed by atoms with Gasteiger partial charge in [0.25, 0.3) is 0 Å². The van der Waals surface area contributed by atoms with Gasteiger partial charge in [-0.2, -0.15) is 4.68 Å². The van der Waals surface area contributed by atoms with Crippen molar-refractivity contribution in [2.24, 2.45) is 7.05 Å². The summed E-state index contributed by atoms with van der Waals surface area (Å²) in [6, 6.07) is 5.78. The molecule has 1 aromatic carbocycles. The van der Waals surface area contributed by atoms with E-state index in [1.165, 1.54) is 17.8 Å². The molecule has 8 heteroatoms. The summed E-state index contributed by atoms with van der Waals surface area (Å²) in [5, 5.41) is 8.25. The Balaban J connectivity index is 1.85. The van der Waals surface area contributed by atoms with E-state index in [0.29, 0.717) is 5.82 Å². The topological polar surface area (TPSA) is 88.0 Å². The van der Waals surface area contributed by atoms with Gasteiger partial charge < -0.3 is 9.15 Å². The van der Waals surface area contributed by atoms with E-state index in [2.05, 4.69) is 15.2 Å². The molecule has 0 radical (unpaired) electrons. The molecule has 0 unspecified atom stereocenters. The number of rotatable bonds is 4. The molecule has 8 nitrogen and oxygen atoms in total. The molecule has 0 aliphatic rings. The molecule has 0 fully saturated rings. The van der Waals surface area contributed by atoms with Gasteiger partial charge in [0.1, 0.15) is 12.1 Å². The van der Waals surface area contributed by atoms with Gasteiger partial charge in [0, 0.05) is 24.9 Å². The van der Waals surface area contributed by atoms with Gasteiger partial charge >= 0.3 is 5.76 Å². The number of ether oxygens (including phenoxy) is 1. The molecule has 0 saturated carbocycles. The zero-order valence-corrected chi connectivity index (χ0v) is 12.9. The van der Waals surface area contributed by atoms with E-state index in [9.17, 15) is 4.79 Å². The summed E-state index contributed by atoms with van der Waals surface area (Å²) in [6.45, 7) is 1.98. The van der Waals surface area contributed by atoms with Crippen LogP contribution in [0.1, 0.15) is 11.5 Å². The number of aromatic nitrogens is 5. The Bertz CT molecular complexity index is 919. The van der Waals surface area contributed by atoms with E-state index in [4.69, 9.17) is 9.15 Å². The molecule has 0 N–H and O–H groups in total. The molecule has 2 heterocycles. The van der Waals surface area contributed by atoms with Gasteiger partial charge in [-0.25, -0.2) is 14.5 Å². The van der Waals surface area contributed by atoms with Crippen LogP contribution in [0.15, 0.2) is 33.7 Å². The molecular formula is C15H15N5O3. The van der Waals surface area contributed by atoms with Gasteiger partial charge in [-0.15, -0.1) is 10.2 Å². The van der Waals surface area contributed by atoms with Crippen LogP contribution in [0, 0.1) is 6.92 Å². The predicted octanol–water partition coefficient (Wildman–Crippen LogP) is 1.58.